The number of benzene rings is 2. The molecule has 0 fully saturated rings. The zero-order valence-corrected chi connectivity index (χ0v) is 13.6. The van der Waals surface area contributed by atoms with Gasteiger partial charge >= 0.3 is 11.6 Å². The molecule has 0 aliphatic rings. The summed E-state index contributed by atoms with van der Waals surface area (Å²) < 4.78 is 15.5. The highest BCUT2D eigenvalue weighted by atomic mass is 35.5. The van der Waals surface area contributed by atoms with Gasteiger partial charge in [-0.25, -0.2) is 9.78 Å². The van der Waals surface area contributed by atoms with Gasteiger partial charge in [0, 0.05) is 11.9 Å². The number of carbonyl (C=O) groups is 1. The summed E-state index contributed by atoms with van der Waals surface area (Å²) in [4.78, 5) is 27.6. The Balaban J connectivity index is 2.17. The number of methoxy groups -OCH3 is 1. The van der Waals surface area contributed by atoms with Crippen molar-refractivity contribution >= 4 is 28.5 Å². The largest absolute Gasteiger partial charge is 0.496 e. The predicted octanol–water partition coefficient (Wildman–Crippen LogP) is 3.44. The summed E-state index contributed by atoms with van der Waals surface area (Å²) in [6, 6.07) is 9.46. The zero-order chi connectivity index (χ0) is 17.3. The second kappa shape index (κ2) is 6.33. The highest BCUT2D eigenvalue weighted by Gasteiger charge is 2.14. The van der Waals surface area contributed by atoms with E-state index in [4.69, 9.17) is 25.5 Å². The number of fused-ring (bicyclic) bond motifs is 1. The fourth-order valence-electron chi connectivity index (χ4n) is 2.24. The molecule has 2 aromatic carbocycles. The molecule has 0 aliphatic heterocycles. The molecule has 0 N–H and O–H groups in total. The van der Waals surface area contributed by atoms with Crippen molar-refractivity contribution in [2.75, 3.05) is 7.11 Å². The van der Waals surface area contributed by atoms with E-state index in [1.54, 1.807) is 30.3 Å². The number of aromatic nitrogens is 1. The Hall–Kier alpha value is -2.86. The lowest BCUT2D eigenvalue weighted by atomic mass is 10.2. The minimum atomic E-state index is -0.606. The van der Waals surface area contributed by atoms with Crippen molar-refractivity contribution in [1.82, 2.24) is 4.98 Å². The van der Waals surface area contributed by atoms with E-state index >= 15 is 0 Å². The van der Waals surface area contributed by atoms with Gasteiger partial charge in [0.05, 0.1) is 23.6 Å². The third-order valence-electron chi connectivity index (χ3n) is 3.25. The van der Waals surface area contributed by atoms with E-state index in [2.05, 4.69) is 4.98 Å². The van der Waals surface area contributed by atoms with Gasteiger partial charge in [-0.1, -0.05) is 11.6 Å². The quantitative estimate of drug-likeness (QED) is 0.534. The molecule has 0 atom stereocenters. The Bertz CT molecular complexity index is 996. The number of nitrogens with zero attached hydrogens (tertiary/aromatic N) is 1. The van der Waals surface area contributed by atoms with Crippen LogP contribution in [0.25, 0.3) is 22.4 Å². The number of halogens is 1. The molecule has 1 heterocycles. The van der Waals surface area contributed by atoms with E-state index < -0.39 is 11.6 Å². The van der Waals surface area contributed by atoms with Crippen LogP contribution in [0.5, 0.6) is 11.5 Å². The van der Waals surface area contributed by atoms with Crippen LogP contribution in [0.1, 0.15) is 6.92 Å². The summed E-state index contributed by atoms with van der Waals surface area (Å²) in [7, 11) is 1.50. The molecule has 0 aliphatic carbocycles. The van der Waals surface area contributed by atoms with Crippen LogP contribution in [0.4, 0.5) is 0 Å². The van der Waals surface area contributed by atoms with Crippen LogP contribution >= 0.6 is 11.6 Å². The highest BCUT2D eigenvalue weighted by molar-refractivity contribution is 6.30. The summed E-state index contributed by atoms with van der Waals surface area (Å²) in [5.41, 5.74) is 0.262. The number of rotatable bonds is 3. The zero-order valence-electron chi connectivity index (χ0n) is 12.8. The predicted molar refractivity (Wildman–Crippen MR) is 88.6 cm³/mol. The van der Waals surface area contributed by atoms with Gasteiger partial charge in [0.1, 0.15) is 11.5 Å². The van der Waals surface area contributed by atoms with Crippen LogP contribution in [-0.2, 0) is 4.79 Å². The molecule has 0 saturated carbocycles. The molecule has 0 unspecified atom stereocenters. The average molecular weight is 346 g/mol. The van der Waals surface area contributed by atoms with Gasteiger partial charge in [-0.15, -0.1) is 0 Å². The van der Waals surface area contributed by atoms with E-state index in [1.165, 1.54) is 20.1 Å². The van der Waals surface area contributed by atoms with Crippen molar-refractivity contribution < 1.29 is 18.7 Å². The maximum atomic E-state index is 12.3. The summed E-state index contributed by atoms with van der Waals surface area (Å²) in [5.74, 6) is 0.335. The molecule has 122 valence electrons. The Morgan fingerprint density at radius 3 is 2.71 bits per heavy atom. The monoisotopic (exact) mass is 345 g/mol. The molecule has 3 aromatic rings. The molecule has 7 heteroatoms. The number of hydrogen-bond acceptors (Lipinski definition) is 6. The first-order valence-corrected chi connectivity index (χ1v) is 7.33. The standard InChI is InChI=1S/C17H12ClNO5/c1-9(20)23-11-4-5-14-12(8-11)17(21)24-16(19-14)13-7-10(18)3-6-15(13)22-2/h3-8H,1-2H3. The van der Waals surface area contributed by atoms with E-state index in [0.717, 1.165) is 0 Å². The third kappa shape index (κ3) is 3.09. The van der Waals surface area contributed by atoms with E-state index in [9.17, 15) is 9.59 Å². The molecule has 6 nitrogen and oxygen atoms in total. The summed E-state index contributed by atoms with van der Waals surface area (Å²) >= 11 is 6.00. The summed E-state index contributed by atoms with van der Waals surface area (Å²) in [5, 5.41) is 0.666. The molecule has 0 bridgehead atoms. The lowest BCUT2D eigenvalue weighted by Crippen LogP contribution is -2.06. The van der Waals surface area contributed by atoms with Crippen LogP contribution in [-0.4, -0.2) is 18.1 Å². The average Bonchev–Trinajstić information content (AvgIpc) is 2.54. The fourth-order valence-corrected chi connectivity index (χ4v) is 2.42. The van der Waals surface area contributed by atoms with Crippen LogP contribution in [0.15, 0.2) is 45.6 Å². The van der Waals surface area contributed by atoms with Gasteiger partial charge in [0.15, 0.2) is 0 Å². The minimum Gasteiger partial charge on any atom is -0.496 e. The van der Waals surface area contributed by atoms with Crippen molar-refractivity contribution in [3.8, 4) is 23.0 Å². The number of carbonyl (C=O) groups excluding carboxylic acids is 1. The van der Waals surface area contributed by atoms with Crippen molar-refractivity contribution in [3.63, 3.8) is 0 Å². The molecule has 24 heavy (non-hydrogen) atoms. The van der Waals surface area contributed by atoms with Crippen molar-refractivity contribution in [3.05, 3.63) is 51.8 Å². The van der Waals surface area contributed by atoms with Crippen LogP contribution in [0.3, 0.4) is 0 Å². The number of esters is 1. The van der Waals surface area contributed by atoms with Crippen LogP contribution < -0.4 is 15.1 Å². The first kappa shape index (κ1) is 16.0. The Morgan fingerprint density at radius 2 is 2.00 bits per heavy atom. The second-order valence-corrected chi connectivity index (χ2v) is 5.36. The normalized spacial score (nSPS) is 10.6. The minimum absolute atomic E-state index is 0.0899. The molecule has 0 spiro atoms. The Morgan fingerprint density at radius 1 is 1.21 bits per heavy atom. The highest BCUT2D eigenvalue weighted by Crippen LogP contribution is 2.31. The molecular weight excluding hydrogens is 334 g/mol. The summed E-state index contributed by atoms with van der Waals surface area (Å²) in [6.07, 6.45) is 0. The van der Waals surface area contributed by atoms with E-state index in [-0.39, 0.29) is 17.0 Å². The maximum absolute atomic E-state index is 12.3. The lowest BCUT2D eigenvalue weighted by molar-refractivity contribution is -0.131. The van der Waals surface area contributed by atoms with Gasteiger partial charge in [0.25, 0.3) is 0 Å². The Labute approximate surface area is 141 Å². The topological polar surface area (TPSA) is 78.6 Å². The number of hydrogen-bond donors (Lipinski definition) is 0. The van der Waals surface area contributed by atoms with Gasteiger partial charge in [-0.3, -0.25) is 4.79 Å². The lowest BCUT2D eigenvalue weighted by Gasteiger charge is -2.08. The van der Waals surface area contributed by atoms with Crippen LogP contribution in [0.2, 0.25) is 5.02 Å². The van der Waals surface area contributed by atoms with Crippen molar-refractivity contribution in [2.24, 2.45) is 0 Å². The maximum Gasteiger partial charge on any atom is 0.347 e. The smallest absolute Gasteiger partial charge is 0.347 e. The van der Waals surface area contributed by atoms with Gasteiger partial charge < -0.3 is 13.9 Å². The molecule has 0 radical (unpaired) electrons. The number of ether oxygens (including phenoxy) is 2. The van der Waals surface area contributed by atoms with Crippen LogP contribution in [0, 0.1) is 0 Å². The third-order valence-corrected chi connectivity index (χ3v) is 3.49. The Kier molecular flexibility index (Phi) is 4.22. The van der Waals surface area contributed by atoms with Crippen molar-refractivity contribution in [2.45, 2.75) is 6.92 Å². The van der Waals surface area contributed by atoms with Gasteiger partial charge in [-0.05, 0) is 36.4 Å². The fraction of sp³-hybridized carbons (Fsp3) is 0.118. The first-order valence-electron chi connectivity index (χ1n) is 6.95. The molecular formula is C17H12ClNO5. The first-order chi connectivity index (χ1) is 11.5. The molecule has 0 amide bonds. The molecule has 1 aromatic heterocycles. The second-order valence-electron chi connectivity index (χ2n) is 4.92. The SMILES string of the molecule is COc1ccc(Cl)cc1-c1nc2ccc(OC(C)=O)cc2c(=O)o1. The van der Waals surface area contributed by atoms with E-state index in [0.29, 0.717) is 21.9 Å². The van der Waals surface area contributed by atoms with E-state index in [1.807, 2.05) is 0 Å². The molecule has 3 rings (SSSR count). The summed E-state index contributed by atoms with van der Waals surface area (Å²) in [6.45, 7) is 1.28. The van der Waals surface area contributed by atoms with Gasteiger partial charge in [0.2, 0.25) is 5.89 Å². The van der Waals surface area contributed by atoms with Crippen molar-refractivity contribution in [1.29, 1.82) is 0 Å². The molecule has 0 saturated heterocycles. The van der Waals surface area contributed by atoms with Gasteiger partial charge in [-0.2, -0.15) is 0 Å².